The number of ether oxygens (including phenoxy) is 2. The van der Waals surface area contributed by atoms with Crippen LogP contribution in [0, 0.1) is 0 Å². The van der Waals surface area contributed by atoms with E-state index in [0.29, 0.717) is 12.0 Å². The van der Waals surface area contributed by atoms with Crippen molar-refractivity contribution >= 4 is 30.0 Å². The molecule has 3 aromatic carbocycles. The normalized spacial score (nSPS) is 16.3. The molecule has 0 spiro atoms. The molecule has 266 valence electrons. The number of alkyl carbamates (subject to hydrolysis) is 2. The van der Waals surface area contributed by atoms with Crippen LogP contribution in [0.3, 0.4) is 0 Å². The van der Waals surface area contributed by atoms with Crippen LogP contribution in [0.4, 0.5) is 9.59 Å². The molecule has 0 aromatic heterocycles. The number of rotatable bonds is 12. The highest BCUT2D eigenvalue weighted by atomic mass is 17.2. The first-order valence-electron chi connectivity index (χ1n) is 16.3. The predicted octanol–water partition coefficient (Wildman–Crippen LogP) is 4.41. The second kappa shape index (κ2) is 16.7. The van der Waals surface area contributed by atoms with Crippen molar-refractivity contribution in [1.29, 1.82) is 0 Å². The number of amides is 4. The molecule has 0 radical (unpaired) electrons. The SMILES string of the molecule is CC(NC(=O)OCc1ccccc1)C(=O)NC(C)C(=O)NCc1ccccc1OOC(=O)[C@]1(NC(=O)OC(C)(C)C)CCc2ccccc2C1. The zero-order valence-electron chi connectivity index (χ0n) is 28.9. The Balaban J connectivity index is 1.31. The van der Waals surface area contributed by atoms with Crippen molar-refractivity contribution in [3.05, 3.63) is 101 Å². The Kier molecular flexibility index (Phi) is 12.4. The van der Waals surface area contributed by atoms with E-state index in [1.807, 2.05) is 42.5 Å². The lowest BCUT2D eigenvalue weighted by molar-refractivity contribution is -0.222. The first kappa shape index (κ1) is 37.2. The first-order chi connectivity index (χ1) is 23.7. The second-order valence-corrected chi connectivity index (χ2v) is 13.1. The monoisotopic (exact) mass is 688 g/mol. The molecule has 3 aromatic rings. The van der Waals surface area contributed by atoms with E-state index in [9.17, 15) is 24.0 Å². The summed E-state index contributed by atoms with van der Waals surface area (Å²) in [6, 6.07) is 21.5. The van der Waals surface area contributed by atoms with Crippen LogP contribution in [-0.4, -0.2) is 53.2 Å². The van der Waals surface area contributed by atoms with Crippen molar-refractivity contribution in [2.24, 2.45) is 0 Å². The molecule has 13 heteroatoms. The number of aryl methyl sites for hydroxylation is 1. The summed E-state index contributed by atoms with van der Waals surface area (Å²) in [5, 5.41) is 10.5. The molecular weight excluding hydrogens is 644 g/mol. The van der Waals surface area contributed by atoms with Gasteiger partial charge in [-0.1, -0.05) is 72.8 Å². The largest absolute Gasteiger partial charge is 0.445 e. The molecule has 0 aliphatic heterocycles. The van der Waals surface area contributed by atoms with Crippen LogP contribution in [0.25, 0.3) is 0 Å². The molecule has 4 rings (SSSR count). The minimum atomic E-state index is -1.45. The zero-order valence-corrected chi connectivity index (χ0v) is 28.9. The number of nitrogens with one attached hydrogen (secondary N) is 4. The van der Waals surface area contributed by atoms with Crippen LogP contribution in [0.5, 0.6) is 5.75 Å². The molecule has 13 nitrogen and oxygen atoms in total. The number of carbonyl (C=O) groups is 5. The average Bonchev–Trinajstić information content (AvgIpc) is 3.08. The Morgan fingerprint density at radius 3 is 2.14 bits per heavy atom. The van der Waals surface area contributed by atoms with Crippen molar-refractivity contribution in [2.75, 3.05) is 0 Å². The lowest BCUT2D eigenvalue weighted by atomic mass is 9.78. The van der Waals surface area contributed by atoms with Crippen LogP contribution < -0.4 is 26.2 Å². The van der Waals surface area contributed by atoms with Gasteiger partial charge in [0, 0.05) is 18.5 Å². The third kappa shape index (κ3) is 10.7. The Morgan fingerprint density at radius 1 is 0.780 bits per heavy atom. The number of fused-ring (bicyclic) bond motifs is 1. The van der Waals surface area contributed by atoms with Crippen molar-refractivity contribution in [1.82, 2.24) is 21.3 Å². The second-order valence-electron chi connectivity index (χ2n) is 13.1. The van der Waals surface area contributed by atoms with E-state index in [2.05, 4.69) is 21.3 Å². The quantitative estimate of drug-likeness (QED) is 0.159. The molecule has 3 atom stereocenters. The van der Waals surface area contributed by atoms with Gasteiger partial charge in [-0.15, -0.1) is 0 Å². The number of carbonyl (C=O) groups excluding carboxylic acids is 5. The van der Waals surface area contributed by atoms with Gasteiger partial charge in [-0.2, -0.15) is 0 Å². The van der Waals surface area contributed by atoms with Gasteiger partial charge in [0.25, 0.3) is 0 Å². The standard InChI is InChI=1S/C37H44N4O9/c1-24(39-32(43)25(2)40-34(45)47-23-26-13-7-6-8-14-26)31(42)38-22-29-17-11-12-18-30(29)49-50-33(44)37(41-35(46)48-36(3,4)5)20-19-27-15-9-10-16-28(27)21-37/h6-18,24-25H,19-23H2,1-5H3,(H,38,42)(H,39,43)(H,40,45)(H,41,46)/t24?,25?,37-/m0/s1. The topological polar surface area (TPSA) is 170 Å². The van der Waals surface area contributed by atoms with Gasteiger partial charge in [0.2, 0.25) is 11.8 Å². The minimum absolute atomic E-state index is 0.0267. The highest BCUT2D eigenvalue weighted by Gasteiger charge is 2.46. The molecule has 0 heterocycles. The van der Waals surface area contributed by atoms with E-state index in [0.717, 1.165) is 16.7 Å². The highest BCUT2D eigenvalue weighted by Crippen LogP contribution is 2.31. The summed E-state index contributed by atoms with van der Waals surface area (Å²) in [4.78, 5) is 75.0. The molecule has 1 aliphatic carbocycles. The Morgan fingerprint density at radius 2 is 1.42 bits per heavy atom. The van der Waals surface area contributed by atoms with Crippen molar-refractivity contribution < 1.29 is 43.2 Å². The summed E-state index contributed by atoms with van der Waals surface area (Å²) in [5.41, 5.74) is 1.01. The summed E-state index contributed by atoms with van der Waals surface area (Å²) >= 11 is 0. The summed E-state index contributed by atoms with van der Waals surface area (Å²) in [6.07, 6.45) is -0.576. The fourth-order valence-electron chi connectivity index (χ4n) is 5.21. The highest BCUT2D eigenvalue weighted by molar-refractivity contribution is 5.91. The van der Waals surface area contributed by atoms with Crippen molar-refractivity contribution in [3.8, 4) is 5.75 Å². The molecule has 4 amide bonds. The van der Waals surface area contributed by atoms with Gasteiger partial charge in [0.15, 0.2) is 5.75 Å². The summed E-state index contributed by atoms with van der Waals surface area (Å²) in [6.45, 7) is 8.17. The number of benzene rings is 3. The van der Waals surface area contributed by atoms with E-state index < -0.39 is 53.2 Å². The molecule has 2 unspecified atom stereocenters. The molecule has 50 heavy (non-hydrogen) atoms. The third-order valence-electron chi connectivity index (χ3n) is 7.89. The van der Waals surface area contributed by atoms with Crippen LogP contribution in [0.15, 0.2) is 78.9 Å². The van der Waals surface area contributed by atoms with Gasteiger partial charge in [0.1, 0.15) is 29.8 Å². The van der Waals surface area contributed by atoms with Crippen molar-refractivity contribution in [2.45, 2.75) is 90.3 Å². The van der Waals surface area contributed by atoms with E-state index >= 15 is 0 Å². The Labute approximate surface area is 291 Å². The number of hydrogen-bond donors (Lipinski definition) is 4. The van der Waals surface area contributed by atoms with Gasteiger partial charge >= 0.3 is 18.2 Å². The van der Waals surface area contributed by atoms with Crippen molar-refractivity contribution in [3.63, 3.8) is 0 Å². The lowest BCUT2D eigenvalue weighted by Gasteiger charge is -2.36. The Hall–Kier alpha value is -5.59. The van der Waals surface area contributed by atoms with Gasteiger partial charge < -0.3 is 30.7 Å². The minimum Gasteiger partial charge on any atom is -0.445 e. The summed E-state index contributed by atoms with van der Waals surface area (Å²) in [7, 11) is 0. The first-order valence-corrected chi connectivity index (χ1v) is 16.3. The number of para-hydroxylation sites is 1. The van der Waals surface area contributed by atoms with E-state index in [-0.39, 0.29) is 31.7 Å². The fraction of sp³-hybridized carbons (Fsp3) is 0.378. The fourth-order valence-corrected chi connectivity index (χ4v) is 5.21. The van der Waals surface area contributed by atoms with Gasteiger partial charge in [-0.3, -0.25) is 14.5 Å². The molecule has 0 saturated heterocycles. The smallest absolute Gasteiger partial charge is 0.408 e. The van der Waals surface area contributed by atoms with E-state index in [1.165, 1.54) is 13.8 Å². The molecule has 0 fully saturated rings. The molecule has 1 aliphatic rings. The molecular formula is C37H44N4O9. The maximum absolute atomic E-state index is 13.6. The van der Waals surface area contributed by atoms with Crippen LogP contribution in [0.2, 0.25) is 0 Å². The molecule has 0 bridgehead atoms. The van der Waals surface area contributed by atoms with E-state index in [4.69, 9.17) is 19.2 Å². The summed E-state index contributed by atoms with van der Waals surface area (Å²) < 4.78 is 10.6. The van der Waals surface area contributed by atoms with Gasteiger partial charge in [-0.25, -0.2) is 19.3 Å². The van der Waals surface area contributed by atoms with Gasteiger partial charge in [-0.05, 0) is 70.2 Å². The average molecular weight is 689 g/mol. The van der Waals surface area contributed by atoms with E-state index in [1.54, 1.807) is 57.2 Å². The van der Waals surface area contributed by atoms with Crippen LogP contribution >= 0.6 is 0 Å². The van der Waals surface area contributed by atoms with Crippen LogP contribution in [-0.2, 0) is 54.7 Å². The molecule has 0 saturated carbocycles. The Bertz CT molecular complexity index is 1670. The third-order valence-corrected chi connectivity index (χ3v) is 7.89. The van der Waals surface area contributed by atoms with Gasteiger partial charge in [0.05, 0.1) is 0 Å². The zero-order chi connectivity index (χ0) is 36.3. The molecule has 4 N–H and O–H groups in total. The van der Waals surface area contributed by atoms with Crippen LogP contribution in [0.1, 0.15) is 63.3 Å². The maximum atomic E-state index is 13.6. The number of hydrogen-bond acceptors (Lipinski definition) is 9. The summed E-state index contributed by atoms with van der Waals surface area (Å²) in [5.74, 6) is -1.74. The maximum Gasteiger partial charge on any atom is 0.408 e. The lowest BCUT2D eigenvalue weighted by Crippen LogP contribution is -2.59. The predicted molar refractivity (Wildman–Crippen MR) is 182 cm³/mol.